The highest BCUT2D eigenvalue weighted by atomic mass is 35.5. The van der Waals surface area contributed by atoms with Crippen LogP contribution in [0.2, 0.25) is 5.02 Å². The number of esters is 2. The minimum absolute atomic E-state index is 0.00873. The molecule has 72 heavy (non-hydrogen) atoms. The van der Waals surface area contributed by atoms with Gasteiger partial charge in [0.2, 0.25) is 5.91 Å². The Morgan fingerprint density at radius 1 is 0.708 bits per heavy atom. The van der Waals surface area contributed by atoms with Crippen molar-refractivity contribution in [1.29, 1.82) is 0 Å². The number of methoxy groups -OCH3 is 1. The third kappa shape index (κ3) is 19.1. The third-order valence-electron chi connectivity index (χ3n) is 11.1. The largest absolute Gasteiger partial charge is 0.497 e. The summed E-state index contributed by atoms with van der Waals surface area (Å²) in [5.74, 6) is -8.21. The van der Waals surface area contributed by atoms with E-state index in [2.05, 4.69) is 15.1 Å². The van der Waals surface area contributed by atoms with Crippen LogP contribution in [-0.2, 0) is 49.5 Å². The molecule has 22 heteroatoms. The van der Waals surface area contributed by atoms with Crippen molar-refractivity contribution in [3.05, 3.63) is 100 Å². The van der Waals surface area contributed by atoms with Crippen LogP contribution in [-0.4, -0.2) is 172 Å². The minimum Gasteiger partial charge on any atom is -0.497 e. The number of nitrogens with one attached hydrogen (secondary N) is 1. The highest BCUT2D eigenvalue weighted by Crippen LogP contribution is 2.31. The molecule has 5 N–H and O–H groups in total. The van der Waals surface area contributed by atoms with Gasteiger partial charge in [-0.2, -0.15) is 0 Å². The summed E-state index contributed by atoms with van der Waals surface area (Å²) in [6, 6.07) is 20.1. The molecule has 1 fully saturated rings. The average Bonchev–Trinajstić information content (AvgIpc) is 3.63. The fourth-order valence-electron chi connectivity index (χ4n) is 7.51. The van der Waals surface area contributed by atoms with E-state index in [9.17, 15) is 24.0 Å². The Labute approximate surface area is 421 Å². The molecule has 0 bridgehead atoms. The molecule has 0 aliphatic carbocycles. The number of aromatic nitrogens is 1. The number of carbonyl (C=O) groups is 9. The molecule has 2 heterocycles. The summed E-state index contributed by atoms with van der Waals surface area (Å²) in [5, 5.41) is 33.7. The normalized spacial score (nSPS) is 12.7. The zero-order valence-corrected chi connectivity index (χ0v) is 41.4. The zero-order chi connectivity index (χ0) is 53.3. The summed E-state index contributed by atoms with van der Waals surface area (Å²) >= 11 is 6.05. The number of fused-ring (bicyclic) bond motifs is 1. The second-order valence-electron chi connectivity index (χ2n) is 16.2. The van der Waals surface area contributed by atoms with Gasteiger partial charge in [0.15, 0.2) is 0 Å². The lowest BCUT2D eigenvalue weighted by molar-refractivity contribution is -0.159. The molecule has 0 spiro atoms. The van der Waals surface area contributed by atoms with E-state index in [-0.39, 0.29) is 56.2 Å². The predicted octanol–water partition coefficient (Wildman–Crippen LogP) is 4.48. The standard InChI is InChI=1S/C46H58ClN5O8.2C2H2O4/c1-5-21-51(22-6-2)46(57)40(48-44(55)34-11-8-7-9-12-34)18-20-42(53)59-29-10-23-49-24-26-50(27-25-49)28-30-60-43(54)32-38-33(3)52(41-19-17-37(58-4)31-39(38)41)45(56)35-13-15-36(47)16-14-35;2*3-1(4)2(5)6/h7-9,11-17,19,31,40H,5-6,10,18,20-30,32H2,1-4H3,(H,48,55);2*(H,3,4)(H,5,6). The number of ether oxygens (including phenoxy) is 3. The smallest absolute Gasteiger partial charge is 0.414 e. The molecule has 2 amide bonds. The van der Waals surface area contributed by atoms with Crippen LogP contribution in [0.3, 0.4) is 0 Å². The van der Waals surface area contributed by atoms with Crippen molar-refractivity contribution >= 4 is 76.0 Å². The maximum atomic E-state index is 13.6. The van der Waals surface area contributed by atoms with Crippen LogP contribution >= 0.6 is 11.6 Å². The van der Waals surface area contributed by atoms with Crippen molar-refractivity contribution in [2.45, 2.75) is 65.3 Å². The molecule has 1 unspecified atom stereocenters. The maximum Gasteiger partial charge on any atom is 0.414 e. The molecule has 1 atom stereocenters. The van der Waals surface area contributed by atoms with Crippen molar-refractivity contribution in [3.63, 3.8) is 0 Å². The van der Waals surface area contributed by atoms with Gasteiger partial charge in [0.05, 0.1) is 25.7 Å². The van der Waals surface area contributed by atoms with Gasteiger partial charge < -0.3 is 49.8 Å². The lowest BCUT2D eigenvalue weighted by atomic mass is 10.1. The number of benzene rings is 3. The van der Waals surface area contributed by atoms with Gasteiger partial charge >= 0.3 is 35.8 Å². The first-order chi connectivity index (χ1) is 34.3. The van der Waals surface area contributed by atoms with Gasteiger partial charge in [0.25, 0.3) is 11.8 Å². The van der Waals surface area contributed by atoms with Crippen LogP contribution in [0.4, 0.5) is 0 Å². The lowest BCUT2D eigenvalue weighted by Gasteiger charge is -2.34. The Morgan fingerprint density at radius 2 is 1.26 bits per heavy atom. The van der Waals surface area contributed by atoms with Gasteiger partial charge in [0, 0.05) is 86.0 Å². The van der Waals surface area contributed by atoms with Crippen LogP contribution in [0.1, 0.15) is 77.9 Å². The number of carboxylic acid groups (broad SMARTS) is 4. The van der Waals surface area contributed by atoms with Crippen molar-refractivity contribution in [2.24, 2.45) is 0 Å². The Balaban J connectivity index is 0.00000101. The second-order valence-corrected chi connectivity index (χ2v) is 16.7. The number of hydrogen-bond acceptors (Lipinski definition) is 14. The quantitative estimate of drug-likeness (QED) is 0.0437. The van der Waals surface area contributed by atoms with Crippen molar-refractivity contribution in [3.8, 4) is 5.75 Å². The molecule has 1 saturated heterocycles. The van der Waals surface area contributed by atoms with E-state index < -0.39 is 35.9 Å². The van der Waals surface area contributed by atoms with Gasteiger partial charge in [-0.3, -0.25) is 33.4 Å². The van der Waals surface area contributed by atoms with Gasteiger partial charge in [-0.25, -0.2) is 19.2 Å². The second kappa shape index (κ2) is 30.4. The van der Waals surface area contributed by atoms with Gasteiger partial charge in [0.1, 0.15) is 18.4 Å². The fourth-order valence-corrected chi connectivity index (χ4v) is 7.63. The highest BCUT2D eigenvalue weighted by Gasteiger charge is 2.27. The minimum atomic E-state index is -1.82. The molecule has 4 aromatic rings. The molecule has 5 rings (SSSR count). The van der Waals surface area contributed by atoms with E-state index in [1.807, 2.05) is 39.0 Å². The molecule has 1 aromatic heterocycles. The number of piperazine rings is 1. The van der Waals surface area contributed by atoms with Crippen LogP contribution < -0.4 is 10.1 Å². The first-order valence-corrected chi connectivity index (χ1v) is 23.5. The fraction of sp³-hybridized carbons (Fsp3) is 0.420. The topological polar surface area (TPSA) is 289 Å². The van der Waals surface area contributed by atoms with E-state index in [0.29, 0.717) is 64.7 Å². The Morgan fingerprint density at radius 3 is 1.81 bits per heavy atom. The number of rotatable bonds is 21. The van der Waals surface area contributed by atoms with Gasteiger partial charge in [-0.1, -0.05) is 43.6 Å². The molecule has 0 radical (unpaired) electrons. The van der Waals surface area contributed by atoms with E-state index >= 15 is 0 Å². The SMILES string of the molecule is CCCN(CCC)C(=O)C(CCC(=O)OCCCN1CCN(CCOC(=O)Cc2c(C)n(C(=O)c3ccc(Cl)cc3)c3ccc(OC)cc23)CC1)NC(=O)c1ccccc1.O=C(O)C(=O)O.O=C(O)C(=O)O. The Bertz CT molecular complexity index is 2440. The number of amides is 2. The molecule has 390 valence electrons. The zero-order valence-electron chi connectivity index (χ0n) is 40.7. The van der Waals surface area contributed by atoms with Crippen molar-refractivity contribution in [2.75, 3.05) is 72.7 Å². The number of carbonyl (C=O) groups excluding carboxylic acids is 5. The number of hydrogen-bond donors (Lipinski definition) is 5. The van der Waals surface area contributed by atoms with E-state index in [1.54, 1.807) is 71.2 Å². The maximum absolute atomic E-state index is 13.6. The first kappa shape index (κ1) is 59.0. The summed E-state index contributed by atoms with van der Waals surface area (Å²) in [6.07, 6.45) is 2.44. The van der Waals surface area contributed by atoms with E-state index in [4.69, 9.17) is 65.4 Å². The van der Waals surface area contributed by atoms with Crippen LogP contribution in [0.5, 0.6) is 5.75 Å². The van der Waals surface area contributed by atoms with E-state index in [0.717, 1.165) is 51.0 Å². The molecule has 1 aliphatic rings. The predicted molar refractivity (Wildman–Crippen MR) is 262 cm³/mol. The molecular weight excluding hydrogens is 962 g/mol. The van der Waals surface area contributed by atoms with E-state index in [1.165, 1.54) is 0 Å². The van der Waals surface area contributed by atoms with Crippen LogP contribution in [0, 0.1) is 6.92 Å². The summed E-state index contributed by atoms with van der Waals surface area (Å²) in [7, 11) is 1.58. The van der Waals surface area contributed by atoms with Crippen molar-refractivity contribution in [1.82, 2.24) is 24.6 Å². The summed E-state index contributed by atoms with van der Waals surface area (Å²) < 4.78 is 18.3. The van der Waals surface area contributed by atoms with Crippen LogP contribution in [0.15, 0.2) is 72.8 Å². The summed E-state index contributed by atoms with van der Waals surface area (Å²) in [5.41, 5.74) is 2.98. The highest BCUT2D eigenvalue weighted by molar-refractivity contribution is 6.30. The molecule has 0 saturated carbocycles. The van der Waals surface area contributed by atoms with Crippen LogP contribution in [0.25, 0.3) is 10.9 Å². The average molecular weight is 1020 g/mol. The number of nitrogens with zero attached hydrogens (tertiary/aromatic N) is 4. The molecular formula is C50H62ClN5O16. The number of carboxylic acids is 4. The molecule has 1 aliphatic heterocycles. The van der Waals surface area contributed by atoms with Crippen molar-refractivity contribution < 1.29 is 77.8 Å². The molecule has 3 aromatic carbocycles. The first-order valence-electron chi connectivity index (χ1n) is 23.1. The molecule has 21 nitrogen and oxygen atoms in total. The third-order valence-corrected chi connectivity index (χ3v) is 11.4. The Kier molecular flexibility index (Phi) is 24.9. The Hall–Kier alpha value is -7.36. The summed E-state index contributed by atoms with van der Waals surface area (Å²) in [4.78, 5) is 109. The van der Waals surface area contributed by atoms with Gasteiger partial charge in [-0.15, -0.1) is 0 Å². The number of halogens is 1. The van der Waals surface area contributed by atoms with Gasteiger partial charge in [-0.05, 0) is 92.8 Å². The monoisotopic (exact) mass is 1020 g/mol. The number of aliphatic carboxylic acids is 4. The lowest BCUT2D eigenvalue weighted by Crippen LogP contribution is -2.49. The summed E-state index contributed by atoms with van der Waals surface area (Å²) in [6.45, 7) is 12.2.